The maximum atomic E-state index is 12.6. The molecule has 0 aromatic heterocycles. The molecule has 0 unspecified atom stereocenters. The third-order valence-corrected chi connectivity index (χ3v) is 2.85. The molecule has 84 valence electrons. The zero-order valence-corrected chi connectivity index (χ0v) is 9.30. The topological polar surface area (TPSA) is 29.5 Å². The molecule has 0 fully saturated rings. The largest absolute Gasteiger partial charge is 0.394 e. The Kier molecular flexibility index (Phi) is 6.39. The molecule has 0 aliphatic rings. The Morgan fingerprint density at radius 2 is 1.93 bits per heavy atom. The number of halogens is 1. The molecular weight excluding hydrogens is 215 g/mol. The van der Waals surface area contributed by atoms with E-state index in [1.165, 1.54) is 12.1 Å². The summed E-state index contributed by atoms with van der Waals surface area (Å²) in [5.41, 5.74) is 0. The maximum absolute atomic E-state index is 12.6. The second-order valence-corrected chi connectivity index (χ2v) is 4.16. The van der Waals surface area contributed by atoms with Crippen molar-refractivity contribution in [1.29, 1.82) is 0 Å². The Hall–Kier alpha value is -0.580. The van der Waals surface area contributed by atoms with Gasteiger partial charge in [-0.1, -0.05) is 0 Å². The quantitative estimate of drug-likeness (QED) is 0.576. The monoisotopic (exact) mass is 230 g/mol. The van der Waals surface area contributed by atoms with Crippen LogP contribution in [0.1, 0.15) is 6.42 Å². The van der Waals surface area contributed by atoms with Gasteiger partial charge >= 0.3 is 0 Å². The molecule has 0 atom stereocenters. The van der Waals surface area contributed by atoms with E-state index in [0.29, 0.717) is 13.2 Å². The van der Waals surface area contributed by atoms with Crippen LogP contribution in [0.25, 0.3) is 0 Å². The van der Waals surface area contributed by atoms with Gasteiger partial charge in [0.05, 0.1) is 13.2 Å². The van der Waals surface area contributed by atoms with Gasteiger partial charge in [-0.25, -0.2) is 4.39 Å². The summed E-state index contributed by atoms with van der Waals surface area (Å²) in [4.78, 5) is 1.07. The molecule has 0 aliphatic carbocycles. The first-order valence-electron chi connectivity index (χ1n) is 4.90. The van der Waals surface area contributed by atoms with Crippen molar-refractivity contribution in [3.05, 3.63) is 30.1 Å². The Balaban J connectivity index is 2.07. The number of ether oxygens (including phenoxy) is 1. The lowest BCUT2D eigenvalue weighted by Gasteiger charge is -2.02. The van der Waals surface area contributed by atoms with Gasteiger partial charge in [-0.15, -0.1) is 11.8 Å². The van der Waals surface area contributed by atoms with E-state index in [9.17, 15) is 4.39 Å². The lowest BCUT2D eigenvalue weighted by molar-refractivity contribution is 0.0933. The summed E-state index contributed by atoms with van der Waals surface area (Å²) in [6, 6.07) is 6.47. The van der Waals surface area contributed by atoms with Crippen LogP contribution in [0.15, 0.2) is 29.2 Å². The molecular formula is C11H15FO2S. The van der Waals surface area contributed by atoms with E-state index in [0.717, 1.165) is 17.1 Å². The minimum absolute atomic E-state index is 0.0745. The Labute approximate surface area is 93.5 Å². The summed E-state index contributed by atoms with van der Waals surface area (Å²) in [5.74, 6) is 0.738. The van der Waals surface area contributed by atoms with Crippen molar-refractivity contribution in [2.24, 2.45) is 0 Å². The molecule has 2 nitrogen and oxygen atoms in total. The van der Waals surface area contributed by atoms with Crippen LogP contribution in [0.5, 0.6) is 0 Å². The van der Waals surface area contributed by atoms with Crippen LogP contribution in [-0.4, -0.2) is 30.7 Å². The van der Waals surface area contributed by atoms with Crippen LogP contribution in [-0.2, 0) is 4.74 Å². The number of rotatable bonds is 7. The van der Waals surface area contributed by atoms with Gasteiger partial charge in [0.1, 0.15) is 5.82 Å². The highest BCUT2D eigenvalue weighted by Gasteiger charge is 1.95. The molecule has 0 saturated heterocycles. The highest BCUT2D eigenvalue weighted by Crippen LogP contribution is 2.18. The Bertz CT molecular complexity index is 264. The average molecular weight is 230 g/mol. The fourth-order valence-electron chi connectivity index (χ4n) is 1.05. The number of aliphatic hydroxyl groups is 1. The SMILES string of the molecule is OCCOCCCSc1ccc(F)cc1. The Morgan fingerprint density at radius 3 is 2.60 bits per heavy atom. The molecule has 0 saturated carbocycles. The van der Waals surface area contributed by atoms with Gasteiger partial charge in [-0.05, 0) is 30.7 Å². The van der Waals surface area contributed by atoms with Crippen LogP contribution in [0.4, 0.5) is 4.39 Å². The summed E-state index contributed by atoms with van der Waals surface area (Å²) in [5, 5.41) is 8.46. The molecule has 0 spiro atoms. The van der Waals surface area contributed by atoms with Gasteiger partial charge in [-0.2, -0.15) is 0 Å². The standard InChI is InChI=1S/C11H15FO2S/c12-10-2-4-11(5-3-10)15-9-1-7-14-8-6-13/h2-5,13H,1,6-9H2. The first-order chi connectivity index (χ1) is 7.33. The molecule has 15 heavy (non-hydrogen) atoms. The van der Waals surface area contributed by atoms with Crippen LogP contribution < -0.4 is 0 Å². The van der Waals surface area contributed by atoms with E-state index in [1.54, 1.807) is 23.9 Å². The fourth-order valence-corrected chi connectivity index (χ4v) is 1.87. The van der Waals surface area contributed by atoms with Crippen molar-refractivity contribution < 1.29 is 14.2 Å². The van der Waals surface area contributed by atoms with Crippen molar-refractivity contribution >= 4 is 11.8 Å². The van der Waals surface area contributed by atoms with E-state index in [2.05, 4.69) is 0 Å². The number of hydrogen-bond acceptors (Lipinski definition) is 3. The highest BCUT2D eigenvalue weighted by molar-refractivity contribution is 7.99. The van der Waals surface area contributed by atoms with Gasteiger partial charge in [0.15, 0.2) is 0 Å². The molecule has 1 N–H and O–H groups in total. The number of hydrogen-bond donors (Lipinski definition) is 1. The summed E-state index contributed by atoms with van der Waals surface area (Å²) in [6.45, 7) is 1.14. The third-order valence-electron chi connectivity index (χ3n) is 1.75. The molecule has 0 amide bonds. The summed E-state index contributed by atoms with van der Waals surface area (Å²) in [6.07, 6.45) is 0.933. The maximum Gasteiger partial charge on any atom is 0.123 e. The zero-order chi connectivity index (χ0) is 10.9. The van der Waals surface area contributed by atoms with Gasteiger partial charge in [0.25, 0.3) is 0 Å². The van der Waals surface area contributed by atoms with Crippen LogP contribution in [0.2, 0.25) is 0 Å². The molecule has 1 aromatic carbocycles. The smallest absolute Gasteiger partial charge is 0.123 e. The van der Waals surface area contributed by atoms with E-state index in [1.807, 2.05) is 0 Å². The van der Waals surface area contributed by atoms with Gasteiger partial charge in [0.2, 0.25) is 0 Å². The van der Waals surface area contributed by atoms with Gasteiger partial charge in [-0.3, -0.25) is 0 Å². The summed E-state index contributed by atoms with van der Waals surface area (Å²) < 4.78 is 17.7. The second-order valence-electron chi connectivity index (χ2n) is 2.99. The van der Waals surface area contributed by atoms with Crippen LogP contribution in [0.3, 0.4) is 0 Å². The van der Waals surface area contributed by atoms with Crippen molar-refractivity contribution in [2.75, 3.05) is 25.6 Å². The fraction of sp³-hybridized carbons (Fsp3) is 0.455. The summed E-state index contributed by atoms with van der Waals surface area (Å²) >= 11 is 1.68. The van der Waals surface area contributed by atoms with Crippen molar-refractivity contribution in [3.63, 3.8) is 0 Å². The molecule has 1 aromatic rings. The average Bonchev–Trinajstić information content (AvgIpc) is 2.26. The highest BCUT2D eigenvalue weighted by atomic mass is 32.2. The van der Waals surface area contributed by atoms with Gasteiger partial charge < -0.3 is 9.84 Å². The minimum Gasteiger partial charge on any atom is -0.394 e. The molecule has 0 aliphatic heterocycles. The van der Waals surface area contributed by atoms with Crippen molar-refractivity contribution in [3.8, 4) is 0 Å². The van der Waals surface area contributed by atoms with E-state index in [-0.39, 0.29) is 12.4 Å². The first-order valence-corrected chi connectivity index (χ1v) is 5.88. The minimum atomic E-state index is -0.203. The Morgan fingerprint density at radius 1 is 1.20 bits per heavy atom. The number of aliphatic hydroxyl groups excluding tert-OH is 1. The molecule has 0 radical (unpaired) electrons. The van der Waals surface area contributed by atoms with Crippen LogP contribution >= 0.6 is 11.8 Å². The molecule has 1 rings (SSSR count). The van der Waals surface area contributed by atoms with E-state index in [4.69, 9.17) is 9.84 Å². The van der Waals surface area contributed by atoms with Crippen molar-refractivity contribution in [2.45, 2.75) is 11.3 Å². The predicted molar refractivity (Wildman–Crippen MR) is 59.6 cm³/mol. The van der Waals surface area contributed by atoms with Gasteiger partial charge in [0, 0.05) is 17.3 Å². The zero-order valence-electron chi connectivity index (χ0n) is 8.49. The number of benzene rings is 1. The molecule has 0 heterocycles. The predicted octanol–water partition coefficient (Wildman–Crippen LogP) is 2.32. The lowest BCUT2D eigenvalue weighted by Crippen LogP contribution is -2.01. The molecule has 0 bridgehead atoms. The lowest BCUT2D eigenvalue weighted by atomic mass is 10.4. The third kappa shape index (κ3) is 5.77. The molecule has 4 heteroatoms. The van der Waals surface area contributed by atoms with Crippen LogP contribution in [0, 0.1) is 5.82 Å². The van der Waals surface area contributed by atoms with E-state index < -0.39 is 0 Å². The first kappa shape index (κ1) is 12.5. The second kappa shape index (κ2) is 7.68. The van der Waals surface area contributed by atoms with Crippen molar-refractivity contribution in [1.82, 2.24) is 0 Å². The normalized spacial score (nSPS) is 10.5. The van der Waals surface area contributed by atoms with E-state index >= 15 is 0 Å². The summed E-state index contributed by atoms with van der Waals surface area (Å²) in [7, 11) is 0. The number of thioether (sulfide) groups is 1.